The van der Waals surface area contributed by atoms with Crippen molar-refractivity contribution < 1.29 is 23.0 Å². The van der Waals surface area contributed by atoms with E-state index in [-0.39, 0.29) is 12.3 Å². The lowest BCUT2D eigenvalue weighted by atomic mass is 9.69. The summed E-state index contributed by atoms with van der Waals surface area (Å²) in [6.07, 6.45) is -2.60. The maximum Gasteiger partial charge on any atom is 0.392 e. The molecule has 1 aliphatic heterocycles. The number of hydrogen-bond acceptors (Lipinski definition) is 2. The largest absolute Gasteiger partial charge is 0.392 e. The Labute approximate surface area is 125 Å². The Morgan fingerprint density at radius 3 is 2.14 bits per heavy atom. The zero-order valence-corrected chi connectivity index (χ0v) is 13.3. The van der Waals surface area contributed by atoms with Crippen LogP contribution in [0.5, 0.6) is 0 Å². The van der Waals surface area contributed by atoms with E-state index >= 15 is 0 Å². The highest BCUT2D eigenvalue weighted by atomic mass is 19.4. The van der Waals surface area contributed by atoms with Gasteiger partial charge in [0, 0.05) is 5.92 Å². The van der Waals surface area contributed by atoms with Crippen LogP contribution in [0.3, 0.4) is 0 Å². The highest BCUT2D eigenvalue weighted by molar-refractivity contribution is 5.00. The van der Waals surface area contributed by atoms with Gasteiger partial charge in [0.2, 0.25) is 0 Å². The predicted molar refractivity (Wildman–Crippen MR) is 74.9 cm³/mol. The van der Waals surface area contributed by atoms with Crippen molar-refractivity contribution in [3.63, 3.8) is 0 Å². The van der Waals surface area contributed by atoms with Crippen LogP contribution >= 0.6 is 0 Å². The molecule has 0 aromatic carbocycles. The number of alkyl halides is 3. The van der Waals surface area contributed by atoms with Gasteiger partial charge in [-0.25, -0.2) is 0 Å². The van der Waals surface area contributed by atoms with Gasteiger partial charge in [-0.1, -0.05) is 12.8 Å². The molecule has 0 aromatic rings. The summed E-state index contributed by atoms with van der Waals surface area (Å²) in [4.78, 5) is 0. The first-order valence-corrected chi connectivity index (χ1v) is 7.89. The normalized spacial score (nSPS) is 37.4. The second-order valence-corrected chi connectivity index (χ2v) is 7.86. The molecular weight excluding hydrogens is 281 g/mol. The maximum absolute atomic E-state index is 13.2. The topological polar surface area (TPSA) is 29.5 Å². The van der Waals surface area contributed by atoms with E-state index in [9.17, 15) is 18.3 Å². The fraction of sp³-hybridized carbons (Fsp3) is 1.00. The third kappa shape index (κ3) is 3.55. The van der Waals surface area contributed by atoms with Crippen molar-refractivity contribution in [1.29, 1.82) is 0 Å². The van der Waals surface area contributed by atoms with Crippen LogP contribution < -0.4 is 0 Å². The Morgan fingerprint density at radius 1 is 1.10 bits per heavy atom. The van der Waals surface area contributed by atoms with Gasteiger partial charge in [0.05, 0.1) is 23.2 Å². The average molecular weight is 308 g/mol. The molecule has 1 saturated carbocycles. The van der Waals surface area contributed by atoms with E-state index in [1.807, 2.05) is 27.7 Å². The number of hydrogen-bond donors (Lipinski definition) is 1. The summed E-state index contributed by atoms with van der Waals surface area (Å²) in [5.41, 5.74) is -0.978. The number of rotatable bonds is 2. The fourth-order valence-electron chi connectivity index (χ4n) is 4.41. The van der Waals surface area contributed by atoms with Gasteiger partial charge in [-0.15, -0.1) is 0 Å². The summed E-state index contributed by atoms with van der Waals surface area (Å²) < 4.78 is 45.7. The monoisotopic (exact) mass is 308 g/mol. The van der Waals surface area contributed by atoms with Gasteiger partial charge in [0.25, 0.3) is 0 Å². The van der Waals surface area contributed by atoms with Gasteiger partial charge in [-0.3, -0.25) is 0 Å². The summed E-state index contributed by atoms with van der Waals surface area (Å²) in [7, 11) is 0. The minimum Gasteiger partial charge on any atom is -0.392 e. The van der Waals surface area contributed by atoms with Crippen LogP contribution in [0, 0.1) is 17.8 Å². The van der Waals surface area contributed by atoms with Crippen LogP contribution in [-0.2, 0) is 4.74 Å². The second-order valence-electron chi connectivity index (χ2n) is 7.86. The summed E-state index contributed by atoms with van der Waals surface area (Å²) in [5.74, 6) is -2.32. The van der Waals surface area contributed by atoms with Gasteiger partial charge in [-0.2, -0.15) is 13.2 Å². The van der Waals surface area contributed by atoms with Crippen LogP contribution in [0.4, 0.5) is 13.2 Å². The van der Waals surface area contributed by atoms with Crippen LogP contribution in [0.25, 0.3) is 0 Å². The van der Waals surface area contributed by atoms with E-state index in [4.69, 9.17) is 4.74 Å². The maximum atomic E-state index is 13.2. The van der Waals surface area contributed by atoms with E-state index in [1.165, 1.54) is 0 Å². The molecule has 1 saturated heterocycles. The third-order valence-electron chi connectivity index (χ3n) is 5.23. The second kappa shape index (κ2) is 5.41. The Bertz CT molecular complexity index is 376. The number of aliphatic hydroxyl groups excluding tert-OH is 1. The molecule has 0 spiro atoms. The van der Waals surface area contributed by atoms with Crippen molar-refractivity contribution in [2.45, 2.75) is 83.3 Å². The molecule has 4 atom stereocenters. The quantitative estimate of drug-likeness (QED) is 0.823. The van der Waals surface area contributed by atoms with Gasteiger partial charge in [0.15, 0.2) is 0 Å². The molecule has 0 radical (unpaired) electrons. The van der Waals surface area contributed by atoms with Gasteiger partial charge < -0.3 is 9.84 Å². The van der Waals surface area contributed by atoms with E-state index in [2.05, 4.69) is 0 Å². The molecule has 21 heavy (non-hydrogen) atoms. The SMILES string of the molecule is CC1(C)CC(C(O)C2CCCCC2C(F)(F)F)C(C)(C)O1. The molecule has 4 unspecified atom stereocenters. The standard InChI is InChI=1S/C16H27F3O2/c1-14(2)9-12(15(3,4)21-14)13(20)10-7-5-6-8-11(10)16(17,18)19/h10-13,20H,5-9H2,1-4H3. The zero-order chi connectivity index (χ0) is 16.1. The highest BCUT2D eigenvalue weighted by Gasteiger charge is 2.54. The van der Waals surface area contributed by atoms with E-state index in [1.54, 1.807) is 0 Å². The lowest BCUT2D eigenvalue weighted by Gasteiger charge is -2.40. The molecular formula is C16H27F3O2. The van der Waals surface area contributed by atoms with Crippen molar-refractivity contribution >= 4 is 0 Å². The van der Waals surface area contributed by atoms with Gasteiger partial charge in [0.1, 0.15) is 0 Å². The molecule has 5 heteroatoms. The lowest BCUT2D eigenvalue weighted by Crippen LogP contribution is -2.46. The molecule has 0 bridgehead atoms. The number of halogens is 3. The number of aliphatic hydroxyl groups is 1. The molecule has 0 aromatic heterocycles. The van der Waals surface area contributed by atoms with Crippen molar-refractivity contribution in [2.24, 2.45) is 17.8 Å². The highest BCUT2D eigenvalue weighted by Crippen LogP contribution is 2.50. The van der Waals surface area contributed by atoms with Gasteiger partial charge >= 0.3 is 6.18 Å². The van der Waals surface area contributed by atoms with Gasteiger partial charge in [-0.05, 0) is 52.9 Å². The van der Waals surface area contributed by atoms with Crippen molar-refractivity contribution in [1.82, 2.24) is 0 Å². The van der Waals surface area contributed by atoms with Crippen LogP contribution in [0.15, 0.2) is 0 Å². The third-order valence-corrected chi connectivity index (χ3v) is 5.23. The van der Waals surface area contributed by atoms with Crippen LogP contribution in [0.1, 0.15) is 59.8 Å². The predicted octanol–water partition coefficient (Wildman–Crippen LogP) is 4.31. The molecule has 1 N–H and O–H groups in total. The van der Waals surface area contributed by atoms with Crippen molar-refractivity contribution in [3.05, 3.63) is 0 Å². The minimum absolute atomic E-state index is 0.141. The Hall–Kier alpha value is -0.290. The molecule has 1 aliphatic carbocycles. The van der Waals surface area contributed by atoms with Crippen molar-refractivity contribution in [2.75, 3.05) is 0 Å². The first kappa shape index (κ1) is 17.1. The Morgan fingerprint density at radius 2 is 1.67 bits per heavy atom. The average Bonchev–Trinajstić information content (AvgIpc) is 2.55. The van der Waals surface area contributed by atoms with E-state index < -0.39 is 35.3 Å². The molecule has 124 valence electrons. The lowest BCUT2D eigenvalue weighted by molar-refractivity contribution is -0.212. The molecule has 2 fully saturated rings. The molecule has 2 rings (SSSR count). The summed E-state index contributed by atoms with van der Waals surface area (Å²) in [6, 6.07) is 0. The zero-order valence-electron chi connectivity index (χ0n) is 13.3. The van der Waals surface area contributed by atoms with Crippen LogP contribution in [0.2, 0.25) is 0 Å². The first-order valence-electron chi connectivity index (χ1n) is 7.89. The Kier molecular flexibility index (Phi) is 4.40. The Balaban J connectivity index is 2.19. The summed E-state index contributed by atoms with van der Waals surface area (Å²) >= 11 is 0. The van der Waals surface area contributed by atoms with Crippen LogP contribution in [-0.4, -0.2) is 28.6 Å². The van der Waals surface area contributed by atoms with E-state index in [0.717, 1.165) is 6.42 Å². The number of ether oxygens (including phenoxy) is 1. The molecule has 2 nitrogen and oxygen atoms in total. The fourth-order valence-corrected chi connectivity index (χ4v) is 4.41. The summed E-state index contributed by atoms with van der Waals surface area (Å²) in [5, 5.41) is 10.7. The van der Waals surface area contributed by atoms with E-state index in [0.29, 0.717) is 19.3 Å². The molecule has 2 aliphatic rings. The summed E-state index contributed by atoms with van der Waals surface area (Å²) in [6.45, 7) is 7.62. The minimum atomic E-state index is -4.22. The first-order chi connectivity index (χ1) is 9.44. The van der Waals surface area contributed by atoms with Crippen molar-refractivity contribution in [3.8, 4) is 0 Å². The molecule has 1 heterocycles. The molecule has 0 amide bonds. The smallest absolute Gasteiger partial charge is 0.392 e.